The number of carbonyl (C=O) groups excluding carboxylic acids is 3. The van der Waals surface area contributed by atoms with Crippen LogP contribution in [0.4, 0.5) is 11.5 Å². The number of ether oxygens (including phenoxy) is 1. The molecule has 8 nitrogen and oxygen atoms in total. The van der Waals surface area contributed by atoms with Gasteiger partial charge >= 0.3 is 5.97 Å². The molecule has 2 N–H and O–H groups in total. The highest BCUT2D eigenvalue weighted by Gasteiger charge is 2.23. The van der Waals surface area contributed by atoms with E-state index in [1.165, 1.54) is 11.6 Å². The Morgan fingerprint density at radius 3 is 2.60 bits per heavy atom. The summed E-state index contributed by atoms with van der Waals surface area (Å²) < 4.78 is 6.44. The lowest BCUT2D eigenvalue weighted by atomic mass is 10.1. The van der Waals surface area contributed by atoms with Crippen LogP contribution in [0.25, 0.3) is 0 Å². The molecular formula is C17H20N4O4. The maximum absolute atomic E-state index is 12.5. The summed E-state index contributed by atoms with van der Waals surface area (Å²) in [6, 6.07) is 6.48. The fourth-order valence-electron chi connectivity index (χ4n) is 2.37. The van der Waals surface area contributed by atoms with Crippen LogP contribution in [0.15, 0.2) is 24.3 Å². The fourth-order valence-corrected chi connectivity index (χ4v) is 2.37. The van der Waals surface area contributed by atoms with Crippen LogP contribution < -0.4 is 10.6 Å². The fraction of sp³-hybridized carbons (Fsp3) is 0.294. The Morgan fingerprint density at radius 2 is 1.96 bits per heavy atom. The smallest absolute Gasteiger partial charge is 0.343 e. The van der Waals surface area contributed by atoms with Gasteiger partial charge in [-0.15, -0.1) is 0 Å². The van der Waals surface area contributed by atoms with Crippen molar-refractivity contribution in [3.05, 3.63) is 41.1 Å². The quantitative estimate of drug-likeness (QED) is 0.809. The molecule has 0 saturated carbocycles. The number of aryl methyl sites for hydroxylation is 2. The van der Waals surface area contributed by atoms with E-state index in [0.29, 0.717) is 16.9 Å². The molecule has 0 saturated heterocycles. The molecule has 1 aromatic carbocycles. The van der Waals surface area contributed by atoms with E-state index in [9.17, 15) is 14.4 Å². The number of anilines is 2. The number of nitrogens with zero attached hydrogens (tertiary/aromatic N) is 2. The summed E-state index contributed by atoms with van der Waals surface area (Å²) in [7, 11) is 1.62. The molecule has 0 unspecified atom stereocenters. The second kappa shape index (κ2) is 7.61. The molecule has 1 aromatic heterocycles. The number of hydrogen-bond donors (Lipinski definition) is 2. The first-order valence-corrected chi connectivity index (χ1v) is 7.73. The van der Waals surface area contributed by atoms with Gasteiger partial charge in [0.25, 0.3) is 5.91 Å². The Bertz CT molecular complexity index is 826. The highest BCUT2D eigenvalue weighted by atomic mass is 16.5. The number of benzene rings is 1. The van der Waals surface area contributed by atoms with Crippen LogP contribution in [0.1, 0.15) is 40.3 Å². The Labute approximate surface area is 145 Å². The second-order valence-electron chi connectivity index (χ2n) is 5.37. The minimum absolute atomic E-state index is 0.218. The summed E-state index contributed by atoms with van der Waals surface area (Å²) in [6.45, 7) is 4.98. The first kappa shape index (κ1) is 18.2. The summed E-state index contributed by atoms with van der Waals surface area (Å²) in [5.74, 6) is -0.952. The van der Waals surface area contributed by atoms with Gasteiger partial charge in [-0.2, -0.15) is 5.10 Å². The normalized spacial score (nSPS) is 10.2. The average Bonchev–Trinajstić information content (AvgIpc) is 2.81. The SMILES string of the molecule is CCOC(=O)c1c(C)nn(C)c1NC(=O)c1cccc(NC(C)=O)c1. The van der Waals surface area contributed by atoms with Crippen molar-refractivity contribution in [2.24, 2.45) is 7.05 Å². The molecule has 1 heterocycles. The molecule has 0 aliphatic carbocycles. The topological polar surface area (TPSA) is 102 Å². The lowest BCUT2D eigenvalue weighted by Crippen LogP contribution is -2.18. The van der Waals surface area contributed by atoms with Gasteiger partial charge in [-0.25, -0.2) is 4.79 Å². The third-order valence-corrected chi connectivity index (χ3v) is 3.38. The second-order valence-corrected chi connectivity index (χ2v) is 5.37. The standard InChI is InChI=1S/C17H20N4O4/c1-5-25-17(24)14-10(2)20-21(4)15(14)19-16(23)12-7-6-8-13(9-12)18-11(3)22/h6-9H,5H2,1-4H3,(H,18,22)(H,19,23). The van der Waals surface area contributed by atoms with Gasteiger partial charge in [0.05, 0.1) is 12.3 Å². The molecule has 132 valence electrons. The molecule has 2 rings (SSSR count). The van der Waals surface area contributed by atoms with Crippen LogP contribution in [0.2, 0.25) is 0 Å². The van der Waals surface area contributed by atoms with Crippen LogP contribution in [0, 0.1) is 6.92 Å². The Balaban J connectivity index is 2.29. The van der Waals surface area contributed by atoms with E-state index in [0.717, 1.165) is 0 Å². The van der Waals surface area contributed by atoms with Crippen molar-refractivity contribution >= 4 is 29.3 Å². The molecule has 0 bridgehead atoms. The number of carbonyl (C=O) groups is 3. The maximum atomic E-state index is 12.5. The van der Waals surface area contributed by atoms with Crippen molar-refractivity contribution in [1.29, 1.82) is 0 Å². The molecule has 0 aliphatic rings. The van der Waals surface area contributed by atoms with E-state index >= 15 is 0 Å². The first-order valence-electron chi connectivity index (χ1n) is 7.73. The van der Waals surface area contributed by atoms with E-state index in [1.807, 2.05) is 0 Å². The third-order valence-electron chi connectivity index (χ3n) is 3.38. The van der Waals surface area contributed by atoms with Crippen molar-refractivity contribution in [1.82, 2.24) is 9.78 Å². The summed E-state index contributed by atoms with van der Waals surface area (Å²) in [4.78, 5) is 35.8. The van der Waals surface area contributed by atoms with Gasteiger partial charge in [0.2, 0.25) is 5.91 Å². The zero-order valence-electron chi connectivity index (χ0n) is 14.5. The summed E-state index contributed by atoms with van der Waals surface area (Å²) in [5.41, 5.74) is 1.52. The lowest BCUT2D eigenvalue weighted by molar-refractivity contribution is -0.114. The largest absolute Gasteiger partial charge is 0.462 e. The third kappa shape index (κ3) is 4.23. The number of rotatable bonds is 5. The van der Waals surface area contributed by atoms with E-state index < -0.39 is 11.9 Å². The Morgan fingerprint density at radius 1 is 1.24 bits per heavy atom. The maximum Gasteiger partial charge on any atom is 0.343 e. The molecular weight excluding hydrogens is 324 g/mol. The van der Waals surface area contributed by atoms with Crippen molar-refractivity contribution < 1.29 is 19.1 Å². The van der Waals surface area contributed by atoms with Crippen LogP contribution in [0.3, 0.4) is 0 Å². The summed E-state index contributed by atoms with van der Waals surface area (Å²) in [6.07, 6.45) is 0. The van der Waals surface area contributed by atoms with Crippen molar-refractivity contribution in [2.75, 3.05) is 17.2 Å². The van der Waals surface area contributed by atoms with E-state index in [-0.39, 0.29) is 23.9 Å². The first-order chi connectivity index (χ1) is 11.8. The highest BCUT2D eigenvalue weighted by molar-refractivity contribution is 6.08. The van der Waals surface area contributed by atoms with Crippen molar-refractivity contribution in [3.8, 4) is 0 Å². The number of aromatic nitrogens is 2. The van der Waals surface area contributed by atoms with Crippen LogP contribution in [0.5, 0.6) is 0 Å². The number of nitrogens with one attached hydrogen (secondary N) is 2. The van der Waals surface area contributed by atoms with Crippen molar-refractivity contribution in [3.63, 3.8) is 0 Å². The van der Waals surface area contributed by atoms with Gasteiger partial charge in [-0.05, 0) is 32.0 Å². The number of hydrogen-bond acceptors (Lipinski definition) is 5. The number of esters is 1. The van der Waals surface area contributed by atoms with Crippen LogP contribution in [-0.4, -0.2) is 34.2 Å². The predicted octanol–water partition coefficient (Wildman–Crippen LogP) is 2.12. The molecule has 0 spiro atoms. The molecule has 0 radical (unpaired) electrons. The molecule has 8 heteroatoms. The minimum Gasteiger partial charge on any atom is -0.462 e. The van der Waals surface area contributed by atoms with Crippen LogP contribution >= 0.6 is 0 Å². The van der Waals surface area contributed by atoms with Gasteiger partial charge in [0, 0.05) is 25.2 Å². The summed E-state index contributed by atoms with van der Waals surface area (Å²) >= 11 is 0. The van der Waals surface area contributed by atoms with Gasteiger partial charge < -0.3 is 15.4 Å². The zero-order chi connectivity index (χ0) is 18.6. The van der Waals surface area contributed by atoms with Gasteiger partial charge in [0.15, 0.2) is 0 Å². The van der Waals surface area contributed by atoms with Gasteiger partial charge in [-0.1, -0.05) is 6.07 Å². The molecule has 0 fully saturated rings. The van der Waals surface area contributed by atoms with E-state index in [1.54, 1.807) is 45.2 Å². The molecule has 2 amide bonds. The monoisotopic (exact) mass is 344 g/mol. The average molecular weight is 344 g/mol. The molecule has 0 aliphatic heterocycles. The number of amides is 2. The molecule has 25 heavy (non-hydrogen) atoms. The van der Waals surface area contributed by atoms with E-state index in [4.69, 9.17) is 4.74 Å². The lowest BCUT2D eigenvalue weighted by Gasteiger charge is -2.09. The van der Waals surface area contributed by atoms with Gasteiger partial charge in [-0.3, -0.25) is 14.3 Å². The molecule has 2 aromatic rings. The Hall–Kier alpha value is -3.16. The van der Waals surface area contributed by atoms with Gasteiger partial charge in [0.1, 0.15) is 11.4 Å². The van der Waals surface area contributed by atoms with Crippen LogP contribution in [-0.2, 0) is 16.6 Å². The molecule has 0 atom stereocenters. The zero-order valence-corrected chi connectivity index (χ0v) is 14.5. The van der Waals surface area contributed by atoms with E-state index in [2.05, 4.69) is 15.7 Å². The summed E-state index contributed by atoms with van der Waals surface area (Å²) in [5, 5.41) is 9.46. The Kier molecular flexibility index (Phi) is 5.53. The predicted molar refractivity (Wildman–Crippen MR) is 92.6 cm³/mol. The van der Waals surface area contributed by atoms with Crippen molar-refractivity contribution in [2.45, 2.75) is 20.8 Å². The highest BCUT2D eigenvalue weighted by Crippen LogP contribution is 2.21. The minimum atomic E-state index is -0.546.